The molecule has 2 aliphatic heterocycles. The second-order valence-corrected chi connectivity index (χ2v) is 12.1. The minimum absolute atomic E-state index is 0.557. The average Bonchev–Trinajstić information content (AvgIpc) is 3.47. The van der Waals surface area contributed by atoms with Crippen molar-refractivity contribution < 1.29 is 19.4 Å². The van der Waals surface area contributed by atoms with Gasteiger partial charge in [-0.15, -0.1) is 21.5 Å². The molecule has 0 bridgehead atoms. The second-order valence-electron chi connectivity index (χ2n) is 10.9. The fraction of sp³-hybridized carbons (Fsp3) is 0.375. The minimum atomic E-state index is -0.921. The van der Waals surface area contributed by atoms with E-state index in [4.69, 9.17) is 14.5 Å². The second kappa shape index (κ2) is 11.8. The summed E-state index contributed by atoms with van der Waals surface area (Å²) in [5.74, 6) is 0.422. The van der Waals surface area contributed by atoms with E-state index in [2.05, 4.69) is 65.3 Å². The molecule has 6 rings (SSSR count). The zero-order chi connectivity index (χ0) is 29.4. The molecule has 0 saturated carbocycles. The van der Waals surface area contributed by atoms with Crippen molar-refractivity contribution >= 4 is 23.0 Å². The van der Waals surface area contributed by atoms with Gasteiger partial charge in [0.2, 0.25) is 0 Å². The molecule has 2 aromatic heterocycles. The summed E-state index contributed by atoms with van der Waals surface area (Å²) in [6.07, 6.45) is 0. The number of fused-ring (bicyclic) bond motifs is 3. The van der Waals surface area contributed by atoms with E-state index in [9.17, 15) is 9.90 Å². The van der Waals surface area contributed by atoms with Crippen molar-refractivity contribution in [2.45, 2.75) is 33.7 Å². The van der Waals surface area contributed by atoms with Gasteiger partial charge in [0.15, 0.2) is 5.82 Å². The minimum Gasteiger partial charge on any atom is -0.492 e. The van der Waals surface area contributed by atoms with Crippen LogP contribution in [0.15, 0.2) is 53.5 Å². The van der Waals surface area contributed by atoms with Crippen molar-refractivity contribution in [1.29, 1.82) is 0 Å². The molecular formula is C32H35N5O4S. The molecule has 9 nitrogen and oxygen atoms in total. The maximum Gasteiger partial charge on any atom is 0.308 e. The van der Waals surface area contributed by atoms with Gasteiger partial charge in [0.05, 0.1) is 24.8 Å². The number of hydrogen-bond acceptors (Lipinski definition) is 8. The Morgan fingerprint density at radius 1 is 1.07 bits per heavy atom. The molecule has 0 spiro atoms. The molecule has 2 aromatic carbocycles. The number of carboxylic acid groups (broad SMARTS) is 1. The van der Waals surface area contributed by atoms with Gasteiger partial charge in [0, 0.05) is 35.6 Å². The highest BCUT2D eigenvalue weighted by atomic mass is 32.1. The number of thiophene rings is 1. The summed E-state index contributed by atoms with van der Waals surface area (Å²) in [5.41, 5.74) is 5.97. The van der Waals surface area contributed by atoms with Crippen LogP contribution in [-0.4, -0.2) is 75.9 Å². The summed E-state index contributed by atoms with van der Waals surface area (Å²) >= 11 is 1.66. The standard InChI is InChI=1S/C32H35N5O4S/c1-19-21(3)42-31-27(19)29(33-28(20(2)32(38)39)30-35-34-22(4)37(30)31)24-10-8-23(9-11-24)25-6-5-7-26(18-25)41-17-14-36-12-15-40-16-13-36/h5-11,18,20,28H,12-17H2,1-4H3,(H,38,39)/t20?,28-/m0/s1. The summed E-state index contributed by atoms with van der Waals surface area (Å²) in [6.45, 7) is 12.7. The lowest BCUT2D eigenvalue weighted by Gasteiger charge is -2.26. The molecular weight excluding hydrogens is 550 g/mol. The molecule has 0 amide bonds. The fourth-order valence-electron chi connectivity index (χ4n) is 5.52. The first-order valence-corrected chi connectivity index (χ1v) is 15.1. The molecule has 0 radical (unpaired) electrons. The van der Waals surface area contributed by atoms with Crippen LogP contribution in [0.5, 0.6) is 5.75 Å². The van der Waals surface area contributed by atoms with Crippen LogP contribution >= 0.6 is 11.3 Å². The summed E-state index contributed by atoms with van der Waals surface area (Å²) < 4.78 is 13.5. The number of aliphatic carboxylic acids is 1. The van der Waals surface area contributed by atoms with Crippen LogP contribution < -0.4 is 4.74 Å². The Hall–Kier alpha value is -3.86. The number of benzene rings is 2. The van der Waals surface area contributed by atoms with E-state index in [1.165, 1.54) is 4.88 Å². The van der Waals surface area contributed by atoms with Crippen molar-refractivity contribution in [3.8, 4) is 21.9 Å². The highest BCUT2D eigenvalue weighted by Gasteiger charge is 2.36. The Morgan fingerprint density at radius 3 is 2.55 bits per heavy atom. The van der Waals surface area contributed by atoms with E-state index in [1.807, 2.05) is 23.6 Å². The Labute approximate surface area is 249 Å². The molecule has 10 heteroatoms. The van der Waals surface area contributed by atoms with Crippen LogP contribution in [0.25, 0.3) is 16.1 Å². The molecule has 4 aromatic rings. The topological polar surface area (TPSA) is 102 Å². The van der Waals surface area contributed by atoms with Gasteiger partial charge in [0.1, 0.15) is 29.2 Å². The molecule has 1 saturated heterocycles. The summed E-state index contributed by atoms with van der Waals surface area (Å²) in [4.78, 5) is 20.8. The van der Waals surface area contributed by atoms with Gasteiger partial charge in [-0.25, -0.2) is 0 Å². The molecule has 2 atom stereocenters. The van der Waals surface area contributed by atoms with Crippen molar-refractivity contribution in [3.63, 3.8) is 0 Å². The van der Waals surface area contributed by atoms with Crippen molar-refractivity contribution in [2.24, 2.45) is 10.9 Å². The van der Waals surface area contributed by atoms with Gasteiger partial charge < -0.3 is 14.6 Å². The molecule has 42 heavy (non-hydrogen) atoms. The van der Waals surface area contributed by atoms with Crippen LogP contribution in [0, 0.1) is 26.7 Å². The van der Waals surface area contributed by atoms with Gasteiger partial charge in [-0.1, -0.05) is 36.4 Å². The van der Waals surface area contributed by atoms with Gasteiger partial charge in [-0.05, 0) is 56.5 Å². The Bertz CT molecular complexity index is 1630. The molecule has 218 valence electrons. The lowest BCUT2D eigenvalue weighted by atomic mass is 9.96. The van der Waals surface area contributed by atoms with Gasteiger partial charge >= 0.3 is 5.97 Å². The Morgan fingerprint density at radius 2 is 1.81 bits per heavy atom. The number of morpholine rings is 1. The zero-order valence-electron chi connectivity index (χ0n) is 24.3. The predicted octanol–water partition coefficient (Wildman–Crippen LogP) is 5.24. The lowest BCUT2D eigenvalue weighted by Crippen LogP contribution is -2.38. The van der Waals surface area contributed by atoms with Gasteiger partial charge in [-0.2, -0.15) is 0 Å². The van der Waals surface area contributed by atoms with Crippen molar-refractivity contribution in [3.05, 3.63) is 81.7 Å². The number of ether oxygens (including phenoxy) is 2. The maximum atomic E-state index is 12.1. The van der Waals surface area contributed by atoms with Crippen LogP contribution in [0.3, 0.4) is 0 Å². The molecule has 0 aliphatic carbocycles. The van der Waals surface area contributed by atoms with Crippen molar-refractivity contribution in [2.75, 3.05) is 39.5 Å². The highest BCUT2D eigenvalue weighted by molar-refractivity contribution is 7.15. The average molecular weight is 586 g/mol. The van der Waals surface area contributed by atoms with Crippen LogP contribution in [-0.2, 0) is 9.53 Å². The number of carbonyl (C=O) groups is 1. The smallest absolute Gasteiger partial charge is 0.308 e. The first-order valence-electron chi connectivity index (χ1n) is 14.3. The third-order valence-electron chi connectivity index (χ3n) is 8.16. The quantitative estimate of drug-likeness (QED) is 0.302. The van der Waals surface area contributed by atoms with E-state index in [-0.39, 0.29) is 0 Å². The third kappa shape index (κ3) is 5.37. The monoisotopic (exact) mass is 585 g/mol. The van der Waals surface area contributed by atoms with E-state index >= 15 is 0 Å². The SMILES string of the molecule is Cc1sc2c(c1C)C(c1ccc(-c3cccc(OCCN4CCOCC4)c3)cc1)=N[C@@H](C(C)C(=O)O)c1nnc(C)n1-2. The van der Waals surface area contributed by atoms with Crippen LogP contribution in [0.1, 0.15) is 46.2 Å². The number of aliphatic imine (C=N–C) groups is 1. The molecule has 1 N–H and O–H groups in total. The van der Waals surface area contributed by atoms with Crippen molar-refractivity contribution in [1.82, 2.24) is 19.7 Å². The Balaban J connectivity index is 1.31. The molecule has 1 unspecified atom stereocenters. The predicted molar refractivity (Wildman–Crippen MR) is 163 cm³/mol. The number of aromatic nitrogens is 3. The first kappa shape index (κ1) is 28.3. The number of carboxylic acids is 1. The number of hydrogen-bond donors (Lipinski definition) is 1. The number of aryl methyl sites for hydroxylation is 2. The fourth-order valence-corrected chi connectivity index (χ4v) is 6.73. The van der Waals surface area contributed by atoms with E-state index in [0.717, 1.165) is 77.1 Å². The largest absolute Gasteiger partial charge is 0.492 e. The van der Waals surface area contributed by atoms with Gasteiger partial charge in [0.25, 0.3) is 0 Å². The lowest BCUT2D eigenvalue weighted by molar-refractivity contribution is -0.141. The normalized spacial score (nSPS) is 17.6. The summed E-state index contributed by atoms with van der Waals surface area (Å²) in [7, 11) is 0. The zero-order valence-corrected chi connectivity index (χ0v) is 25.1. The summed E-state index contributed by atoms with van der Waals surface area (Å²) in [5, 5.41) is 19.6. The van der Waals surface area contributed by atoms with Gasteiger partial charge in [-0.3, -0.25) is 19.3 Å². The number of nitrogens with zero attached hydrogens (tertiary/aromatic N) is 5. The van der Waals surface area contributed by atoms with E-state index in [0.29, 0.717) is 18.3 Å². The molecule has 4 heterocycles. The third-order valence-corrected chi connectivity index (χ3v) is 9.35. The molecule has 1 fully saturated rings. The number of rotatable bonds is 8. The molecule has 2 aliphatic rings. The first-order chi connectivity index (χ1) is 20.3. The van der Waals surface area contributed by atoms with E-state index in [1.54, 1.807) is 18.3 Å². The maximum absolute atomic E-state index is 12.1. The van der Waals surface area contributed by atoms with Crippen LogP contribution in [0.2, 0.25) is 0 Å². The van der Waals surface area contributed by atoms with Crippen LogP contribution in [0.4, 0.5) is 0 Å². The van der Waals surface area contributed by atoms with E-state index < -0.39 is 17.9 Å². The Kier molecular flexibility index (Phi) is 7.94. The highest BCUT2D eigenvalue weighted by Crippen LogP contribution is 2.40. The summed E-state index contributed by atoms with van der Waals surface area (Å²) in [6, 6.07) is 15.8.